The van der Waals surface area contributed by atoms with Crippen LogP contribution in [0.2, 0.25) is 0 Å². The summed E-state index contributed by atoms with van der Waals surface area (Å²) in [7, 11) is 0. The SMILES string of the molecule is CCCCc1nc2c(NC(C)=O)nc3ccccc3c2n1OCCCCNC(=O)CC. The Balaban J connectivity index is 1.92. The molecule has 2 N–H and O–H groups in total. The molecule has 8 heteroatoms. The van der Waals surface area contributed by atoms with E-state index in [0.717, 1.165) is 54.3 Å². The quantitative estimate of drug-likeness (QED) is 0.457. The predicted octanol–water partition coefficient (Wildman–Crippen LogP) is 3.62. The Morgan fingerprint density at radius 2 is 1.90 bits per heavy atom. The smallest absolute Gasteiger partial charge is 0.222 e. The number of fused-ring (bicyclic) bond motifs is 3. The van der Waals surface area contributed by atoms with E-state index in [0.29, 0.717) is 30.9 Å². The highest BCUT2D eigenvalue weighted by Gasteiger charge is 2.20. The van der Waals surface area contributed by atoms with Gasteiger partial charge in [-0.25, -0.2) is 9.97 Å². The summed E-state index contributed by atoms with van der Waals surface area (Å²) in [6.07, 6.45) is 4.93. The summed E-state index contributed by atoms with van der Waals surface area (Å²) < 4.78 is 1.81. The number of rotatable bonds is 11. The van der Waals surface area contributed by atoms with Gasteiger partial charge < -0.3 is 15.5 Å². The van der Waals surface area contributed by atoms with Crippen LogP contribution in [0.25, 0.3) is 21.9 Å². The molecule has 1 aromatic carbocycles. The van der Waals surface area contributed by atoms with Gasteiger partial charge in [0.25, 0.3) is 0 Å². The molecule has 0 saturated heterocycles. The Morgan fingerprint density at radius 1 is 1.10 bits per heavy atom. The largest absolute Gasteiger partial charge is 0.412 e. The summed E-state index contributed by atoms with van der Waals surface area (Å²) >= 11 is 0. The number of unbranched alkanes of at least 4 members (excludes halogenated alkanes) is 2. The standard InChI is InChI=1S/C23H31N5O3/c1-4-6-13-19-27-21-22(28(19)31-15-10-9-14-24-20(30)5-2)17-11-7-8-12-18(17)26-23(21)25-16(3)29/h7-8,11-12H,4-6,9-10,13-15H2,1-3H3,(H,24,30)(H,25,26,29). The number of hydrogen-bond acceptors (Lipinski definition) is 5. The van der Waals surface area contributed by atoms with Crippen LogP contribution in [0.3, 0.4) is 0 Å². The van der Waals surface area contributed by atoms with Crippen molar-refractivity contribution in [3.8, 4) is 0 Å². The fraction of sp³-hybridized carbons (Fsp3) is 0.478. The van der Waals surface area contributed by atoms with E-state index in [9.17, 15) is 9.59 Å². The maximum atomic E-state index is 11.8. The fourth-order valence-electron chi connectivity index (χ4n) is 3.42. The zero-order valence-corrected chi connectivity index (χ0v) is 18.5. The van der Waals surface area contributed by atoms with Crippen LogP contribution in [0.1, 0.15) is 58.7 Å². The number of nitrogens with zero attached hydrogens (tertiary/aromatic N) is 3. The second-order valence-corrected chi connectivity index (χ2v) is 7.53. The van der Waals surface area contributed by atoms with Gasteiger partial charge in [-0.1, -0.05) is 38.5 Å². The minimum absolute atomic E-state index is 0.0628. The third kappa shape index (κ3) is 5.51. The lowest BCUT2D eigenvalue weighted by molar-refractivity contribution is -0.120. The van der Waals surface area contributed by atoms with Crippen LogP contribution in [-0.4, -0.2) is 39.7 Å². The average molecular weight is 426 g/mol. The van der Waals surface area contributed by atoms with Crippen molar-refractivity contribution in [1.29, 1.82) is 0 Å². The van der Waals surface area contributed by atoms with E-state index in [4.69, 9.17) is 9.82 Å². The second-order valence-electron chi connectivity index (χ2n) is 7.53. The van der Waals surface area contributed by atoms with Gasteiger partial charge in [-0.3, -0.25) is 9.59 Å². The first kappa shape index (κ1) is 22.5. The minimum atomic E-state index is -0.191. The molecular formula is C23H31N5O3. The van der Waals surface area contributed by atoms with E-state index in [1.54, 1.807) is 0 Å². The van der Waals surface area contributed by atoms with Gasteiger partial charge in [0.1, 0.15) is 23.5 Å². The molecule has 2 aromatic heterocycles. The van der Waals surface area contributed by atoms with Crippen LogP contribution in [0, 0.1) is 0 Å². The molecule has 0 saturated carbocycles. The number of anilines is 1. The maximum Gasteiger partial charge on any atom is 0.222 e. The van der Waals surface area contributed by atoms with Gasteiger partial charge in [0.15, 0.2) is 5.82 Å². The average Bonchev–Trinajstić information content (AvgIpc) is 3.13. The third-order valence-corrected chi connectivity index (χ3v) is 5.00. The molecule has 0 aliphatic carbocycles. The molecule has 2 amide bonds. The van der Waals surface area contributed by atoms with Crippen molar-refractivity contribution < 1.29 is 14.4 Å². The van der Waals surface area contributed by atoms with Crippen LogP contribution in [0.15, 0.2) is 24.3 Å². The van der Waals surface area contributed by atoms with Crippen molar-refractivity contribution in [3.63, 3.8) is 0 Å². The molecular weight excluding hydrogens is 394 g/mol. The van der Waals surface area contributed by atoms with Gasteiger partial charge in [-0.2, -0.15) is 4.73 Å². The molecule has 0 fully saturated rings. The van der Waals surface area contributed by atoms with Crippen molar-refractivity contribution in [2.24, 2.45) is 0 Å². The van der Waals surface area contributed by atoms with E-state index in [-0.39, 0.29) is 11.8 Å². The highest BCUT2D eigenvalue weighted by atomic mass is 16.7. The van der Waals surface area contributed by atoms with Gasteiger partial charge in [-0.05, 0) is 25.3 Å². The van der Waals surface area contributed by atoms with E-state index in [2.05, 4.69) is 22.5 Å². The number of imidazole rings is 1. The topological polar surface area (TPSA) is 98.1 Å². The zero-order valence-electron chi connectivity index (χ0n) is 18.5. The number of pyridine rings is 1. The number of aromatic nitrogens is 3. The Labute approximate surface area is 182 Å². The van der Waals surface area contributed by atoms with Crippen molar-refractivity contribution in [2.45, 2.75) is 59.3 Å². The molecule has 166 valence electrons. The number of carbonyl (C=O) groups excluding carboxylic acids is 2. The van der Waals surface area contributed by atoms with Crippen LogP contribution < -0.4 is 15.5 Å². The van der Waals surface area contributed by atoms with Gasteiger partial charge in [0, 0.05) is 31.7 Å². The highest BCUT2D eigenvalue weighted by Crippen LogP contribution is 2.30. The summed E-state index contributed by atoms with van der Waals surface area (Å²) in [5.41, 5.74) is 2.22. The first-order valence-electron chi connectivity index (χ1n) is 11.0. The lowest BCUT2D eigenvalue weighted by Gasteiger charge is -2.13. The molecule has 0 spiro atoms. The first-order chi connectivity index (χ1) is 15.0. The van der Waals surface area contributed by atoms with Crippen molar-refractivity contribution in [1.82, 2.24) is 20.0 Å². The molecule has 0 radical (unpaired) electrons. The zero-order chi connectivity index (χ0) is 22.2. The first-order valence-corrected chi connectivity index (χ1v) is 11.0. The molecule has 3 rings (SSSR count). The summed E-state index contributed by atoms with van der Waals surface area (Å²) in [5.74, 6) is 1.14. The number of amides is 2. The van der Waals surface area contributed by atoms with E-state index < -0.39 is 0 Å². The molecule has 0 atom stereocenters. The maximum absolute atomic E-state index is 11.8. The summed E-state index contributed by atoms with van der Waals surface area (Å²) in [6, 6.07) is 7.79. The highest BCUT2D eigenvalue weighted by molar-refractivity contribution is 6.09. The van der Waals surface area contributed by atoms with Gasteiger partial charge in [-0.15, -0.1) is 0 Å². The molecule has 31 heavy (non-hydrogen) atoms. The Morgan fingerprint density at radius 3 is 2.65 bits per heavy atom. The van der Waals surface area contributed by atoms with Crippen LogP contribution >= 0.6 is 0 Å². The summed E-state index contributed by atoms with van der Waals surface area (Å²) in [4.78, 5) is 38.7. The predicted molar refractivity (Wildman–Crippen MR) is 122 cm³/mol. The van der Waals surface area contributed by atoms with E-state index in [1.807, 2.05) is 35.9 Å². The van der Waals surface area contributed by atoms with Gasteiger partial charge in [0.2, 0.25) is 11.8 Å². The lowest BCUT2D eigenvalue weighted by atomic mass is 10.2. The summed E-state index contributed by atoms with van der Waals surface area (Å²) in [5, 5.41) is 6.63. The minimum Gasteiger partial charge on any atom is -0.412 e. The monoisotopic (exact) mass is 425 g/mol. The van der Waals surface area contributed by atoms with Crippen molar-refractivity contribution in [3.05, 3.63) is 30.1 Å². The normalized spacial score (nSPS) is 11.1. The molecule has 0 aliphatic rings. The molecule has 8 nitrogen and oxygen atoms in total. The summed E-state index contributed by atoms with van der Waals surface area (Å²) in [6.45, 7) is 6.58. The van der Waals surface area contributed by atoms with Crippen LogP contribution in [0.5, 0.6) is 0 Å². The second kappa shape index (κ2) is 10.7. The number of carbonyl (C=O) groups is 2. The van der Waals surface area contributed by atoms with E-state index >= 15 is 0 Å². The molecule has 3 aromatic rings. The number of aryl methyl sites for hydroxylation is 1. The molecule has 0 unspecified atom stereocenters. The number of benzene rings is 1. The fourth-order valence-corrected chi connectivity index (χ4v) is 3.42. The van der Waals surface area contributed by atoms with Crippen LogP contribution in [0.4, 0.5) is 5.82 Å². The van der Waals surface area contributed by atoms with Gasteiger partial charge >= 0.3 is 0 Å². The Kier molecular flexibility index (Phi) is 7.81. The van der Waals surface area contributed by atoms with Crippen LogP contribution in [-0.2, 0) is 16.0 Å². The number of hydrogen-bond donors (Lipinski definition) is 2. The van der Waals surface area contributed by atoms with Crippen molar-refractivity contribution >= 4 is 39.6 Å². The van der Waals surface area contributed by atoms with Gasteiger partial charge in [0.05, 0.1) is 5.52 Å². The number of nitrogens with one attached hydrogen (secondary N) is 2. The Hall–Kier alpha value is -3.16. The Bertz CT molecular complexity index is 1060. The van der Waals surface area contributed by atoms with E-state index in [1.165, 1.54) is 6.92 Å². The molecule has 2 heterocycles. The third-order valence-electron chi connectivity index (χ3n) is 5.00. The molecule has 0 aliphatic heterocycles. The molecule has 0 bridgehead atoms. The number of para-hydroxylation sites is 1. The van der Waals surface area contributed by atoms with Crippen molar-refractivity contribution in [2.75, 3.05) is 18.5 Å². The lowest BCUT2D eigenvalue weighted by Crippen LogP contribution is -2.24.